The summed E-state index contributed by atoms with van der Waals surface area (Å²) in [7, 11) is 1.81. The second-order valence-electron chi connectivity index (χ2n) is 5.54. The van der Waals surface area contributed by atoms with Crippen LogP contribution < -0.4 is 0 Å². The molecule has 4 heteroatoms. The van der Waals surface area contributed by atoms with E-state index in [4.69, 9.17) is 0 Å². The molecule has 0 spiro atoms. The third-order valence-corrected chi connectivity index (χ3v) is 4.06. The Morgan fingerprint density at radius 2 is 1.65 bits per heavy atom. The van der Waals surface area contributed by atoms with Crippen molar-refractivity contribution in [1.82, 2.24) is 15.1 Å². The number of carbonyl (C=O) groups is 1. The Labute approximate surface area is 135 Å². The van der Waals surface area contributed by atoms with Crippen LogP contribution in [0.2, 0.25) is 0 Å². The topological polar surface area (TPSA) is 49.0 Å². The minimum atomic E-state index is -0.0731. The normalized spacial score (nSPS) is 11.9. The Hall–Kier alpha value is -2.88. The molecule has 0 saturated carbocycles. The third kappa shape index (κ3) is 3.16. The van der Waals surface area contributed by atoms with Crippen LogP contribution in [0, 0.1) is 0 Å². The number of benzene rings is 2. The number of nitrogens with zero attached hydrogens (tertiary/aromatic N) is 2. The number of hydrogen-bond donors (Lipinski definition) is 1. The smallest absolute Gasteiger partial charge is 0.272 e. The van der Waals surface area contributed by atoms with Crippen molar-refractivity contribution in [3.63, 3.8) is 0 Å². The Morgan fingerprint density at radius 1 is 1.04 bits per heavy atom. The molecule has 1 amide bonds. The molecular formula is C19H19N3O. The van der Waals surface area contributed by atoms with Gasteiger partial charge in [0.25, 0.3) is 5.91 Å². The number of carbonyl (C=O) groups excluding carboxylic acids is 1. The van der Waals surface area contributed by atoms with Crippen LogP contribution in [0.25, 0.3) is 11.3 Å². The lowest BCUT2D eigenvalue weighted by Crippen LogP contribution is -2.29. The van der Waals surface area contributed by atoms with Crippen LogP contribution in [0.5, 0.6) is 0 Å². The molecule has 1 heterocycles. The SMILES string of the molecule is CC(c1ccccc1)N(C)C(=O)c1cc(-c2ccccc2)n[nH]1. The lowest BCUT2D eigenvalue weighted by molar-refractivity contribution is 0.0736. The molecule has 23 heavy (non-hydrogen) atoms. The highest BCUT2D eigenvalue weighted by Crippen LogP contribution is 2.22. The first-order valence-electron chi connectivity index (χ1n) is 7.60. The summed E-state index contributed by atoms with van der Waals surface area (Å²) in [6.07, 6.45) is 0. The van der Waals surface area contributed by atoms with Gasteiger partial charge in [-0.25, -0.2) is 0 Å². The fourth-order valence-electron chi connectivity index (χ4n) is 2.51. The summed E-state index contributed by atoms with van der Waals surface area (Å²) in [5.74, 6) is -0.0731. The van der Waals surface area contributed by atoms with Gasteiger partial charge >= 0.3 is 0 Å². The Bertz CT molecular complexity index is 781. The highest BCUT2D eigenvalue weighted by molar-refractivity contribution is 5.93. The van der Waals surface area contributed by atoms with E-state index >= 15 is 0 Å². The summed E-state index contributed by atoms with van der Waals surface area (Å²) in [4.78, 5) is 14.4. The van der Waals surface area contributed by atoms with Crippen LogP contribution in [0.4, 0.5) is 0 Å². The zero-order chi connectivity index (χ0) is 16.2. The van der Waals surface area contributed by atoms with Gasteiger partial charge in [0.05, 0.1) is 11.7 Å². The van der Waals surface area contributed by atoms with Gasteiger partial charge in [-0.15, -0.1) is 0 Å². The molecular weight excluding hydrogens is 286 g/mol. The van der Waals surface area contributed by atoms with Gasteiger partial charge in [-0.2, -0.15) is 5.10 Å². The average Bonchev–Trinajstić information content (AvgIpc) is 3.11. The first kappa shape index (κ1) is 15.0. The maximum Gasteiger partial charge on any atom is 0.272 e. The van der Waals surface area contributed by atoms with Gasteiger partial charge < -0.3 is 4.90 Å². The van der Waals surface area contributed by atoms with Gasteiger partial charge in [0, 0.05) is 12.6 Å². The Balaban J connectivity index is 1.79. The van der Waals surface area contributed by atoms with Gasteiger partial charge in [0.2, 0.25) is 0 Å². The van der Waals surface area contributed by atoms with E-state index in [-0.39, 0.29) is 11.9 Å². The largest absolute Gasteiger partial charge is 0.334 e. The van der Waals surface area contributed by atoms with Crippen LogP contribution in [0.3, 0.4) is 0 Å². The predicted octanol–water partition coefficient (Wildman–Crippen LogP) is 3.91. The van der Waals surface area contributed by atoms with E-state index in [9.17, 15) is 4.79 Å². The average molecular weight is 305 g/mol. The lowest BCUT2D eigenvalue weighted by atomic mass is 10.1. The van der Waals surface area contributed by atoms with E-state index in [1.165, 1.54) is 0 Å². The van der Waals surface area contributed by atoms with Crippen molar-refractivity contribution in [2.24, 2.45) is 0 Å². The van der Waals surface area contributed by atoms with Crippen molar-refractivity contribution < 1.29 is 4.79 Å². The molecule has 0 aliphatic heterocycles. The zero-order valence-corrected chi connectivity index (χ0v) is 13.2. The molecule has 1 N–H and O–H groups in total. The molecule has 4 nitrogen and oxygen atoms in total. The maximum absolute atomic E-state index is 12.7. The summed E-state index contributed by atoms with van der Waals surface area (Å²) in [6.45, 7) is 2.02. The fourth-order valence-corrected chi connectivity index (χ4v) is 2.51. The van der Waals surface area contributed by atoms with Crippen molar-refractivity contribution in [2.75, 3.05) is 7.05 Å². The zero-order valence-electron chi connectivity index (χ0n) is 13.2. The van der Waals surface area contributed by atoms with Crippen LogP contribution in [-0.4, -0.2) is 28.1 Å². The van der Waals surface area contributed by atoms with Crippen molar-refractivity contribution in [3.8, 4) is 11.3 Å². The molecule has 0 fully saturated rings. The summed E-state index contributed by atoms with van der Waals surface area (Å²) >= 11 is 0. The van der Waals surface area contributed by atoms with Crippen LogP contribution in [0.15, 0.2) is 66.7 Å². The number of hydrogen-bond acceptors (Lipinski definition) is 2. The number of H-pyrrole nitrogens is 1. The van der Waals surface area contributed by atoms with Crippen LogP contribution >= 0.6 is 0 Å². The molecule has 2 aromatic carbocycles. The number of aromatic amines is 1. The third-order valence-electron chi connectivity index (χ3n) is 4.06. The molecule has 1 aromatic heterocycles. The molecule has 116 valence electrons. The van der Waals surface area contributed by atoms with E-state index < -0.39 is 0 Å². The number of amides is 1. The van der Waals surface area contributed by atoms with Gasteiger partial charge in [-0.05, 0) is 18.6 Å². The molecule has 0 aliphatic rings. The molecule has 0 bridgehead atoms. The highest BCUT2D eigenvalue weighted by atomic mass is 16.2. The van der Waals surface area contributed by atoms with Crippen molar-refractivity contribution in [3.05, 3.63) is 78.0 Å². The van der Waals surface area contributed by atoms with Gasteiger partial charge in [-0.3, -0.25) is 9.89 Å². The molecule has 3 aromatic rings. The standard InChI is InChI=1S/C19H19N3O/c1-14(15-9-5-3-6-10-15)22(2)19(23)18-13-17(20-21-18)16-11-7-4-8-12-16/h3-14H,1-2H3,(H,20,21). The first-order chi connectivity index (χ1) is 11.2. The Kier molecular flexibility index (Phi) is 4.24. The monoisotopic (exact) mass is 305 g/mol. The van der Waals surface area contributed by atoms with E-state index in [0.29, 0.717) is 5.69 Å². The van der Waals surface area contributed by atoms with E-state index in [2.05, 4.69) is 10.2 Å². The van der Waals surface area contributed by atoms with Gasteiger partial charge in [0.1, 0.15) is 5.69 Å². The highest BCUT2D eigenvalue weighted by Gasteiger charge is 2.20. The second kappa shape index (κ2) is 6.48. The summed E-state index contributed by atoms with van der Waals surface area (Å²) in [5, 5.41) is 7.10. The van der Waals surface area contributed by atoms with Gasteiger partial charge in [-0.1, -0.05) is 60.7 Å². The lowest BCUT2D eigenvalue weighted by Gasteiger charge is -2.24. The van der Waals surface area contributed by atoms with Gasteiger partial charge in [0.15, 0.2) is 0 Å². The number of nitrogens with one attached hydrogen (secondary N) is 1. The van der Waals surface area contributed by atoms with Crippen molar-refractivity contribution in [1.29, 1.82) is 0 Å². The van der Waals surface area contributed by atoms with E-state index in [0.717, 1.165) is 16.8 Å². The predicted molar refractivity (Wildman–Crippen MR) is 91.0 cm³/mol. The van der Waals surface area contributed by atoms with Crippen LogP contribution in [-0.2, 0) is 0 Å². The molecule has 1 atom stereocenters. The fraction of sp³-hybridized carbons (Fsp3) is 0.158. The minimum Gasteiger partial charge on any atom is -0.334 e. The summed E-state index contributed by atoms with van der Waals surface area (Å²) in [6, 6.07) is 21.6. The molecule has 0 saturated heterocycles. The quantitative estimate of drug-likeness (QED) is 0.794. The summed E-state index contributed by atoms with van der Waals surface area (Å²) < 4.78 is 0. The first-order valence-corrected chi connectivity index (χ1v) is 7.60. The minimum absolute atomic E-state index is 0.00725. The molecule has 1 unspecified atom stereocenters. The molecule has 3 rings (SSSR count). The van der Waals surface area contributed by atoms with E-state index in [1.807, 2.05) is 74.6 Å². The number of aromatic nitrogens is 2. The second-order valence-corrected chi connectivity index (χ2v) is 5.54. The molecule has 0 aliphatic carbocycles. The van der Waals surface area contributed by atoms with Crippen LogP contribution in [0.1, 0.15) is 29.0 Å². The Morgan fingerprint density at radius 3 is 2.30 bits per heavy atom. The van der Waals surface area contributed by atoms with Crippen molar-refractivity contribution >= 4 is 5.91 Å². The number of rotatable bonds is 4. The molecule has 0 radical (unpaired) electrons. The van der Waals surface area contributed by atoms with Crippen molar-refractivity contribution in [2.45, 2.75) is 13.0 Å². The summed E-state index contributed by atoms with van der Waals surface area (Å²) in [5.41, 5.74) is 3.36. The maximum atomic E-state index is 12.7. The van der Waals surface area contributed by atoms with E-state index in [1.54, 1.807) is 11.0 Å².